The SMILES string of the molecule is COc1cc(CCc2ccccc2)ccc1O.COc1cc(CCc2ccccc2)ccc1O. The predicted octanol–water partition coefficient (Wildman–Crippen LogP) is 6.37. The molecule has 0 heterocycles. The van der Waals surface area contributed by atoms with E-state index in [-0.39, 0.29) is 11.5 Å². The van der Waals surface area contributed by atoms with Crippen molar-refractivity contribution in [2.24, 2.45) is 0 Å². The topological polar surface area (TPSA) is 58.9 Å². The molecular formula is C30H32O4. The number of aryl methyl sites for hydroxylation is 4. The zero-order chi connectivity index (χ0) is 24.2. The molecule has 0 saturated heterocycles. The molecule has 4 nitrogen and oxygen atoms in total. The van der Waals surface area contributed by atoms with E-state index in [9.17, 15) is 10.2 Å². The highest BCUT2D eigenvalue weighted by Gasteiger charge is 2.04. The zero-order valence-electron chi connectivity index (χ0n) is 19.8. The third-order valence-electron chi connectivity index (χ3n) is 5.58. The van der Waals surface area contributed by atoms with Crippen LogP contribution in [0.25, 0.3) is 0 Å². The van der Waals surface area contributed by atoms with Crippen molar-refractivity contribution >= 4 is 0 Å². The van der Waals surface area contributed by atoms with E-state index in [1.807, 2.05) is 60.7 Å². The van der Waals surface area contributed by atoms with Gasteiger partial charge in [-0.25, -0.2) is 0 Å². The molecule has 0 aliphatic heterocycles. The van der Waals surface area contributed by atoms with Gasteiger partial charge in [0.05, 0.1) is 14.2 Å². The Hall–Kier alpha value is -3.92. The second-order valence-corrected chi connectivity index (χ2v) is 7.98. The average molecular weight is 457 g/mol. The average Bonchev–Trinajstić information content (AvgIpc) is 2.89. The van der Waals surface area contributed by atoms with Crippen LogP contribution in [0.4, 0.5) is 0 Å². The molecule has 2 N–H and O–H groups in total. The van der Waals surface area contributed by atoms with Crippen LogP contribution in [0, 0.1) is 0 Å². The van der Waals surface area contributed by atoms with Crippen LogP contribution >= 0.6 is 0 Å². The molecule has 0 bridgehead atoms. The molecular weight excluding hydrogens is 424 g/mol. The molecule has 4 heteroatoms. The zero-order valence-corrected chi connectivity index (χ0v) is 19.8. The molecule has 0 atom stereocenters. The van der Waals surface area contributed by atoms with Crippen LogP contribution in [-0.4, -0.2) is 24.4 Å². The second kappa shape index (κ2) is 12.9. The summed E-state index contributed by atoms with van der Waals surface area (Å²) in [5.41, 5.74) is 4.98. The van der Waals surface area contributed by atoms with Crippen LogP contribution in [0.1, 0.15) is 22.3 Å². The first kappa shape index (κ1) is 24.7. The molecule has 0 saturated carbocycles. The van der Waals surface area contributed by atoms with Crippen LogP contribution in [0.5, 0.6) is 23.0 Å². The third-order valence-corrected chi connectivity index (χ3v) is 5.58. The number of hydrogen-bond acceptors (Lipinski definition) is 4. The highest BCUT2D eigenvalue weighted by Crippen LogP contribution is 2.27. The fourth-order valence-electron chi connectivity index (χ4n) is 3.62. The number of phenolic OH excluding ortho intramolecular Hbond substituents is 2. The maximum Gasteiger partial charge on any atom is 0.160 e. The van der Waals surface area contributed by atoms with Gasteiger partial charge in [-0.1, -0.05) is 72.8 Å². The van der Waals surface area contributed by atoms with Gasteiger partial charge in [-0.3, -0.25) is 0 Å². The Bertz CT molecular complexity index is 1050. The van der Waals surface area contributed by atoms with Crippen molar-refractivity contribution in [1.29, 1.82) is 0 Å². The summed E-state index contributed by atoms with van der Waals surface area (Å²) in [6.07, 6.45) is 3.88. The summed E-state index contributed by atoms with van der Waals surface area (Å²) in [6.45, 7) is 0. The van der Waals surface area contributed by atoms with Gasteiger partial charge in [0.25, 0.3) is 0 Å². The summed E-state index contributed by atoms with van der Waals surface area (Å²) in [5.74, 6) is 1.46. The summed E-state index contributed by atoms with van der Waals surface area (Å²) < 4.78 is 10.2. The van der Waals surface area contributed by atoms with Gasteiger partial charge in [0.2, 0.25) is 0 Å². The minimum Gasteiger partial charge on any atom is -0.504 e. The lowest BCUT2D eigenvalue weighted by Gasteiger charge is -2.06. The Kier molecular flexibility index (Phi) is 9.41. The maximum absolute atomic E-state index is 9.50. The second-order valence-electron chi connectivity index (χ2n) is 7.98. The molecule has 0 fully saturated rings. The number of hydrogen-bond donors (Lipinski definition) is 2. The Balaban J connectivity index is 0.000000191. The third kappa shape index (κ3) is 7.59. The van der Waals surface area contributed by atoms with Crippen molar-refractivity contribution in [3.8, 4) is 23.0 Å². The lowest BCUT2D eigenvalue weighted by Crippen LogP contribution is -1.92. The van der Waals surface area contributed by atoms with Gasteiger partial charge in [0.1, 0.15) is 0 Å². The molecule has 0 radical (unpaired) electrons. The van der Waals surface area contributed by atoms with E-state index in [2.05, 4.69) is 24.3 Å². The molecule has 0 unspecified atom stereocenters. The van der Waals surface area contributed by atoms with Crippen LogP contribution in [0.2, 0.25) is 0 Å². The quantitative estimate of drug-likeness (QED) is 0.323. The first-order valence-corrected chi connectivity index (χ1v) is 11.4. The van der Waals surface area contributed by atoms with Crippen molar-refractivity contribution in [3.05, 3.63) is 119 Å². The molecule has 4 aromatic rings. The standard InChI is InChI=1S/2C15H16O2/c2*1-17-15-11-13(9-10-14(15)16)8-7-12-5-3-2-4-6-12/h2*2-6,9-11,16H,7-8H2,1H3. The van der Waals surface area contributed by atoms with Gasteiger partial charge < -0.3 is 19.7 Å². The summed E-state index contributed by atoms with van der Waals surface area (Å²) in [5, 5.41) is 19.0. The number of benzene rings is 4. The highest BCUT2D eigenvalue weighted by molar-refractivity contribution is 5.42. The van der Waals surface area contributed by atoms with Gasteiger partial charge in [-0.05, 0) is 72.2 Å². The Morgan fingerprint density at radius 1 is 0.471 bits per heavy atom. The van der Waals surface area contributed by atoms with Gasteiger partial charge in [0.15, 0.2) is 23.0 Å². The molecule has 4 rings (SSSR count). The number of phenols is 2. The van der Waals surface area contributed by atoms with Crippen LogP contribution in [-0.2, 0) is 25.7 Å². The normalized spacial score (nSPS) is 10.2. The van der Waals surface area contributed by atoms with Crippen LogP contribution in [0.3, 0.4) is 0 Å². The Morgan fingerprint density at radius 2 is 0.824 bits per heavy atom. The van der Waals surface area contributed by atoms with Gasteiger partial charge in [-0.2, -0.15) is 0 Å². The Labute approximate surface area is 202 Å². The first-order chi connectivity index (χ1) is 16.6. The smallest absolute Gasteiger partial charge is 0.160 e. The molecule has 0 spiro atoms. The predicted molar refractivity (Wildman–Crippen MR) is 137 cm³/mol. The van der Waals surface area contributed by atoms with E-state index in [1.54, 1.807) is 26.4 Å². The monoisotopic (exact) mass is 456 g/mol. The Morgan fingerprint density at radius 3 is 1.18 bits per heavy atom. The molecule has 4 aromatic carbocycles. The van der Waals surface area contributed by atoms with E-state index in [4.69, 9.17) is 9.47 Å². The number of methoxy groups -OCH3 is 2. The van der Waals surface area contributed by atoms with Crippen molar-refractivity contribution in [2.45, 2.75) is 25.7 Å². The van der Waals surface area contributed by atoms with Crippen molar-refractivity contribution in [3.63, 3.8) is 0 Å². The molecule has 176 valence electrons. The number of ether oxygens (including phenoxy) is 2. The summed E-state index contributed by atoms with van der Waals surface area (Å²) in [6, 6.07) is 31.7. The largest absolute Gasteiger partial charge is 0.504 e. The van der Waals surface area contributed by atoms with Gasteiger partial charge >= 0.3 is 0 Å². The van der Waals surface area contributed by atoms with Crippen molar-refractivity contribution < 1.29 is 19.7 Å². The highest BCUT2D eigenvalue weighted by atomic mass is 16.5. The maximum atomic E-state index is 9.50. The minimum atomic E-state index is 0.191. The molecule has 34 heavy (non-hydrogen) atoms. The van der Waals surface area contributed by atoms with Crippen molar-refractivity contribution in [2.75, 3.05) is 14.2 Å². The van der Waals surface area contributed by atoms with E-state index < -0.39 is 0 Å². The lowest BCUT2D eigenvalue weighted by molar-refractivity contribution is 0.373. The minimum absolute atomic E-state index is 0.191. The fourth-order valence-corrected chi connectivity index (χ4v) is 3.62. The summed E-state index contributed by atoms with van der Waals surface area (Å²) in [7, 11) is 3.13. The number of rotatable bonds is 8. The van der Waals surface area contributed by atoms with Gasteiger partial charge in [0, 0.05) is 0 Å². The lowest BCUT2D eigenvalue weighted by atomic mass is 10.0. The number of aromatic hydroxyl groups is 2. The van der Waals surface area contributed by atoms with Crippen LogP contribution in [0.15, 0.2) is 97.1 Å². The molecule has 0 aliphatic rings. The molecule has 0 aliphatic carbocycles. The summed E-state index contributed by atoms with van der Waals surface area (Å²) in [4.78, 5) is 0. The molecule has 0 aromatic heterocycles. The van der Waals surface area contributed by atoms with E-state index in [1.165, 1.54) is 22.3 Å². The van der Waals surface area contributed by atoms with E-state index >= 15 is 0 Å². The van der Waals surface area contributed by atoms with Crippen LogP contribution < -0.4 is 9.47 Å². The van der Waals surface area contributed by atoms with E-state index in [0.717, 1.165) is 25.7 Å². The first-order valence-electron chi connectivity index (χ1n) is 11.4. The fraction of sp³-hybridized carbons (Fsp3) is 0.200. The molecule has 0 amide bonds. The van der Waals surface area contributed by atoms with E-state index in [0.29, 0.717) is 11.5 Å². The van der Waals surface area contributed by atoms with Gasteiger partial charge in [-0.15, -0.1) is 0 Å². The summed E-state index contributed by atoms with van der Waals surface area (Å²) >= 11 is 0. The van der Waals surface area contributed by atoms with Crippen molar-refractivity contribution in [1.82, 2.24) is 0 Å².